The van der Waals surface area contributed by atoms with Crippen LogP contribution in [-0.2, 0) is 5.41 Å². The van der Waals surface area contributed by atoms with Crippen molar-refractivity contribution in [2.45, 2.75) is 26.2 Å². The number of rotatable bonds is 7. The van der Waals surface area contributed by atoms with Crippen molar-refractivity contribution in [3.8, 4) is 11.1 Å². The van der Waals surface area contributed by atoms with Gasteiger partial charge in [-0.15, -0.1) is 0 Å². The Bertz CT molecular complexity index is 5250. The van der Waals surface area contributed by atoms with Crippen LogP contribution in [-0.4, -0.2) is 0 Å². The van der Waals surface area contributed by atoms with Crippen LogP contribution in [0.3, 0.4) is 0 Å². The number of aryl methyl sites for hydroxylation is 3. The average molecular weight is 1110 g/mol. The lowest BCUT2D eigenvalue weighted by Gasteiger charge is -2.45. The lowest BCUT2D eigenvalue weighted by Crippen LogP contribution is -2.36. The van der Waals surface area contributed by atoms with Gasteiger partial charge in [-0.3, -0.25) is 0 Å². The molecular weight excluding hydrogens is 1060 g/mol. The van der Waals surface area contributed by atoms with E-state index < -0.39 is 5.41 Å². The predicted octanol–water partition coefficient (Wildman–Crippen LogP) is 22.9. The Morgan fingerprint density at radius 1 is 0.333 bits per heavy atom. The average Bonchev–Trinajstić information content (AvgIpc) is 1.55. The molecule has 0 fully saturated rings. The molecule has 0 amide bonds. The van der Waals surface area contributed by atoms with E-state index in [-0.39, 0.29) is 0 Å². The van der Waals surface area contributed by atoms with E-state index in [0.29, 0.717) is 33.7 Å². The molecule has 3 heterocycles. The lowest BCUT2D eigenvalue weighted by atomic mass is 9.64. The van der Waals surface area contributed by atoms with Crippen LogP contribution in [0.1, 0.15) is 38.9 Å². The standard InChI is InChI=1S/C80H51N5O2/c1-48-43-44-69-61(45-48)80(60-35-15-18-40-68(60)83(69)51-25-7-6-8-26-51)62-46-72(84(66-38-16-9-23-49(66)2)70-41-21-33-58-56-31-19-36-64(81-4)76(56)86-78(58)70)52-27-11-13-29-54(52)74(62)75-55-30-14-12-28-53(55)73(47-63(75)80)85(67-39-17-10-24-50(67)3)71-42-22-34-59-57-32-20-37-65(82-5)77(57)87-79(59)71/h6-47H,1-3H3. The molecule has 87 heavy (non-hydrogen) atoms. The Hall–Kier alpha value is -11.6. The van der Waals surface area contributed by atoms with Gasteiger partial charge in [-0.2, -0.15) is 0 Å². The van der Waals surface area contributed by atoms with E-state index in [4.69, 9.17) is 22.0 Å². The fraction of sp³-hybridized carbons (Fsp3) is 0.0500. The first-order valence-electron chi connectivity index (χ1n) is 29.4. The SMILES string of the molecule is [C-]#[N+]c1cccc2c1oc1c(N(c3ccccc3C)c3cc4c(c5ccccc35)-c3c(cc(N(c5ccccc5C)c5cccc6c5oc5c([N+]#[C-])cccc56)c5ccccc35)C43c4ccccc4N(c4ccccc4)c4ccc(C)cc43)cccc12. The molecule has 0 bridgehead atoms. The number of anilines is 9. The van der Waals surface area contributed by atoms with Gasteiger partial charge in [0, 0.05) is 49.4 Å². The first-order valence-corrected chi connectivity index (χ1v) is 29.4. The van der Waals surface area contributed by atoms with Crippen molar-refractivity contribution in [2.24, 2.45) is 0 Å². The third kappa shape index (κ3) is 6.97. The maximum atomic E-state index is 8.21. The molecule has 1 aliphatic carbocycles. The van der Waals surface area contributed by atoms with Crippen LogP contribution in [0.5, 0.6) is 0 Å². The summed E-state index contributed by atoms with van der Waals surface area (Å²) in [5, 5.41) is 8.05. The number of para-hydroxylation sites is 8. The zero-order valence-electron chi connectivity index (χ0n) is 47.8. The summed E-state index contributed by atoms with van der Waals surface area (Å²) in [5.41, 5.74) is 21.8. The van der Waals surface area contributed by atoms with Crippen molar-refractivity contribution in [3.05, 3.63) is 317 Å². The minimum atomic E-state index is -0.966. The van der Waals surface area contributed by atoms with E-state index in [1.807, 2.05) is 24.3 Å². The Balaban J connectivity index is 1.06. The molecule has 17 rings (SSSR count). The number of benzene rings is 13. The highest BCUT2D eigenvalue weighted by molar-refractivity contribution is 6.22. The quantitative estimate of drug-likeness (QED) is 0.149. The molecule has 0 saturated heterocycles. The third-order valence-corrected chi connectivity index (χ3v) is 18.3. The van der Waals surface area contributed by atoms with Crippen molar-refractivity contribution in [2.75, 3.05) is 14.7 Å². The Labute approximate surface area is 502 Å². The molecule has 0 saturated carbocycles. The predicted molar refractivity (Wildman–Crippen MR) is 358 cm³/mol. The molecule has 0 radical (unpaired) electrons. The Kier molecular flexibility index (Phi) is 10.9. The van der Waals surface area contributed by atoms with Crippen molar-refractivity contribution in [3.63, 3.8) is 0 Å². The monoisotopic (exact) mass is 1110 g/mol. The molecule has 2 aromatic heterocycles. The van der Waals surface area contributed by atoms with Gasteiger partial charge in [0.1, 0.15) is 11.2 Å². The molecule has 0 N–H and O–H groups in total. The Morgan fingerprint density at radius 3 is 1.26 bits per heavy atom. The lowest BCUT2D eigenvalue weighted by molar-refractivity contribution is 0.670. The van der Waals surface area contributed by atoms with Crippen LogP contribution in [0, 0.1) is 33.9 Å². The van der Waals surface area contributed by atoms with Gasteiger partial charge < -0.3 is 23.5 Å². The van der Waals surface area contributed by atoms with Crippen LogP contribution in [0.15, 0.2) is 264 Å². The fourth-order valence-corrected chi connectivity index (χ4v) is 14.7. The van der Waals surface area contributed by atoms with E-state index in [1.165, 1.54) is 11.1 Å². The summed E-state index contributed by atoms with van der Waals surface area (Å²) in [6.07, 6.45) is 0. The second kappa shape index (κ2) is 18.9. The van der Waals surface area contributed by atoms with Crippen molar-refractivity contribution >= 4 is 128 Å². The van der Waals surface area contributed by atoms with Gasteiger partial charge in [0.2, 0.25) is 11.4 Å². The van der Waals surface area contributed by atoms with Crippen LogP contribution in [0.2, 0.25) is 0 Å². The van der Waals surface area contributed by atoms with Gasteiger partial charge in [-0.25, -0.2) is 9.69 Å². The second-order valence-electron chi connectivity index (χ2n) is 23.0. The number of hydrogen-bond acceptors (Lipinski definition) is 5. The zero-order valence-corrected chi connectivity index (χ0v) is 47.8. The number of fused-ring (bicyclic) bond motifs is 19. The van der Waals surface area contributed by atoms with Gasteiger partial charge in [0.05, 0.1) is 52.7 Å². The number of furan rings is 2. The van der Waals surface area contributed by atoms with Gasteiger partial charge in [0.15, 0.2) is 11.2 Å². The molecule has 15 aromatic rings. The normalized spacial score (nSPS) is 12.8. The van der Waals surface area contributed by atoms with Crippen LogP contribution in [0.4, 0.5) is 62.6 Å². The third-order valence-electron chi connectivity index (χ3n) is 18.3. The summed E-state index contributed by atoms with van der Waals surface area (Å²) in [4.78, 5) is 15.2. The van der Waals surface area contributed by atoms with E-state index in [0.717, 1.165) is 133 Å². The molecule has 0 unspecified atom stereocenters. The summed E-state index contributed by atoms with van der Waals surface area (Å²) < 4.78 is 14.1. The fourth-order valence-electron chi connectivity index (χ4n) is 14.7. The van der Waals surface area contributed by atoms with E-state index in [1.54, 1.807) is 0 Å². The molecule has 7 nitrogen and oxygen atoms in total. The molecule has 1 aliphatic heterocycles. The highest BCUT2D eigenvalue weighted by Gasteiger charge is 2.54. The largest absolute Gasteiger partial charge is 0.465 e. The summed E-state index contributed by atoms with van der Waals surface area (Å²) in [6, 6.07) is 91.5. The zero-order chi connectivity index (χ0) is 58.2. The number of hydrogen-bond donors (Lipinski definition) is 0. The smallest absolute Gasteiger partial charge is 0.229 e. The summed E-state index contributed by atoms with van der Waals surface area (Å²) in [7, 11) is 0. The van der Waals surface area contributed by atoms with Crippen LogP contribution in [0.25, 0.3) is 86.2 Å². The minimum absolute atomic E-state index is 0.477. The molecule has 0 atom stereocenters. The van der Waals surface area contributed by atoms with Gasteiger partial charge in [0.25, 0.3) is 0 Å². The second-order valence-corrected chi connectivity index (χ2v) is 23.0. The van der Waals surface area contributed by atoms with Crippen molar-refractivity contribution in [1.82, 2.24) is 0 Å². The maximum absolute atomic E-state index is 8.21. The van der Waals surface area contributed by atoms with Crippen LogP contribution < -0.4 is 14.7 Å². The van der Waals surface area contributed by atoms with Gasteiger partial charge in [-0.1, -0.05) is 200 Å². The van der Waals surface area contributed by atoms with Gasteiger partial charge in [-0.05, 0) is 137 Å². The van der Waals surface area contributed by atoms with Gasteiger partial charge >= 0.3 is 0 Å². The maximum Gasteiger partial charge on any atom is 0.229 e. The molecule has 408 valence electrons. The highest BCUT2D eigenvalue weighted by atomic mass is 16.3. The van der Waals surface area contributed by atoms with Crippen molar-refractivity contribution in [1.29, 1.82) is 0 Å². The first-order chi connectivity index (χ1) is 42.8. The molecule has 7 heteroatoms. The van der Waals surface area contributed by atoms with E-state index in [9.17, 15) is 0 Å². The van der Waals surface area contributed by atoms with Crippen LogP contribution >= 0.6 is 0 Å². The molecule has 1 spiro atoms. The Morgan fingerprint density at radius 2 is 0.747 bits per heavy atom. The summed E-state index contributed by atoms with van der Waals surface area (Å²) >= 11 is 0. The topological polar surface area (TPSA) is 44.7 Å². The highest BCUT2D eigenvalue weighted by Crippen LogP contribution is 2.68. The summed E-state index contributed by atoms with van der Waals surface area (Å²) in [5.74, 6) is 0. The molecule has 2 aliphatic rings. The van der Waals surface area contributed by atoms with Crippen molar-refractivity contribution < 1.29 is 8.83 Å². The molecular formula is C80H51N5O2. The van der Waals surface area contributed by atoms with E-state index >= 15 is 0 Å². The minimum Gasteiger partial charge on any atom is -0.465 e. The number of nitrogens with zero attached hydrogens (tertiary/aromatic N) is 5. The first kappa shape index (κ1) is 49.9. The summed E-state index contributed by atoms with van der Waals surface area (Å²) in [6.45, 7) is 23.0. The molecule has 13 aromatic carbocycles. The van der Waals surface area contributed by atoms with E-state index in [2.05, 4.69) is 276 Å².